The first kappa shape index (κ1) is 11.4. The summed E-state index contributed by atoms with van der Waals surface area (Å²) in [6.07, 6.45) is 1.88. The van der Waals surface area contributed by atoms with Crippen LogP contribution in [0.1, 0.15) is 5.69 Å². The van der Waals surface area contributed by atoms with E-state index >= 15 is 0 Å². The van der Waals surface area contributed by atoms with Crippen LogP contribution in [0.5, 0.6) is 5.75 Å². The first-order valence-electron chi connectivity index (χ1n) is 5.25. The molecule has 4 nitrogen and oxygen atoms in total. The smallest absolute Gasteiger partial charge is 0.165 e. The van der Waals surface area contributed by atoms with Crippen molar-refractivity contribution in [3.63, 3.8) is 0 Å². The van der Waals surface area contributed by atoms with Crippen molar-refractivity contribution in [2.24, 2.45) is 7.05 Å². The number of ether oxygens (including phenoxy) is 1. The second-order valence-electron chi connectivity index (χ2n) is 3.68. The maximum atomic E-state index is 13.2. The molecule has 1 heterocycles. The first-order valence-corrected chi connectivity index (χ1v) is 5.25. The van der Waals surface area contributed by atoms with Gasteiger partial charge in [-0.2, -0.15) is 5.10 Å². The molecule has 1 N–H and O–H groups in total. The molecule has 0 aliphatic heterocycles. The number of nitrogens with one attached hydrogen (secondary N) is 1. The van der Waals surface area contributed by atoms with Crippen molar-refractivity contribution >= 4 is 5.69 Å². The molecule has 1 aromatic heterocycles. The van der Waals surface area contributed by atoms with E-state index in [4.69, 9.17) is 4.74 Å². The molecule has 0 saturated heterocycles. The van der Waals surface area contributed by atoms with Crippen LogP contribution in [-0.4, -0.2) is 16.9 Å². The van der Waals surface area contributed by atoms with Crippen molar-refractivity contribution in [2.75, 3.05) is 12.4 Å². The zero-order chi connectivity index (χ0) is 12.3. The fourth-order valence-electron chi connectivity index (χ4n) is 1.52. The fraction of sp³-hybridized carbons (Fsp3) is 0.250. The Morgan fingerprint density at radius 1 is 1.41 bits per heavy atom. The normalized spacial score (nSPS) is 10.3. The summed E-state index contributed by atoms with van der Waals surface area (Å²) in [7, 11) is 3.31. The molecule has 0 bridgehead atoms. The largest absolute Gasteiger partial charge is 0.494 e. The molecule has 0 spiro atoms. The highest BCUT2D eigenvalue weighted by Crippen LogP contribution is 2.21. The molecule has 0 aliphatic carbocycles. The van der Waals surface area contributed by atoms with Gasteiger partial charge in [-0.15, -0.1) is 0 Å². The predicted octanol–water partition coefficient (Wildman–Crippen LogP) is 2.18. The summed E-state index contributed by atoms with van der Waals surface area (Å²) in [5, 5.41) is 7.39. The van der Waals surface area contributed by atoms with E-state index in [-0.39, 0.29) is 11.6 Å². The maximum absolute atomic E-state index is 13.2. The van der Waals surface area contributed by atoms with E-state index in [1.165, 1.54) is 13.2 Å². The molecule has 2 aromatic rings. The van der Waals surface area contributed by atoms with E-state index < -0.39 is 0 Å². The minimum Gasteiger partial charge on any atom is -0.494 e. The lowest BCUT2D eigenvalue weighted by Crippen LogP contribution is -2.01. The Balaban J connectivity index is 2.04. The number of hydrogen-bond acceptors (Lipinski definition) is 3. The standard InChI is InChI=1S/C12H14FN3O/c1-16-6-5-10(15-16)8-14-9-3-4-11(13)12(7-9)17-2/h3-7,14H,8H2,1-2H3. The van der Waals surface area contributed by atoms with Crippen LogP contribution in [0.2, 0.25) is 0 Å². The fourth-order valence-corrected chi connectivity index (χ4v) is 1.52. The van der Waals surface area contributed by atoms with Crippen molar-refractivity contribution < 1.29 is 9.13 Å². The summed E-state index contributed by atoms with van der Waals surface area (Å²) in [4.78, 5) is 0. The Kier molecular flexibility index (Phi) is 3.27. The molecule has 17 heavy (non-hydrogen) atoms. The van der Waals surface area contributed by atoms with Crippen LogP contribution in [0, 0.1) is 5.82 Å². The summed E-state index contributed by atoms with van der Waals surface area (Å²) < 4.78 is 19.8. The molecular weight excluding hydrogens is 221 g/mol. The number of aryl methyl sites for hydroxylation is 1. The van der Waals surface area contributed by atoms with Gasteiger partial charge in [0.05, 0.1) is 19.3 Å². The number of nitrogens with zero attached hydrogens (tertiary/aromatic N) is 2. The minimum absolute atomic E-state index is 0.232. The molecule has 0 radical (unpaired) electrons. The summed E-state index contributed by atoms with van der Waals surface area (Å²) >= 11 is 0. The van der Waals surface area contributed by atoms with Crippen LogP contribution in [-0.2, 0) is 13.6 Å². The van der Waals surface area contributed by atoms with Gasteiger partial charge in [-0.3, -0.25) is 4.68 Å². The summed E-state index contributed by atoms with van der Waals surface area (Å²) in [5.41, 5.74) is 1.73. The lowest BCUT2D eigenvalue weighted by molar-refractivity contribution is 0.387. The average Bonchev–Trinajstić information content (AvgIpc) is 2.74. The number of methoxy groups -OCH3 is 1. The van der Waals surface area contributed by atoms with Crippen molar-refractivity contribution in [2.45, 2.75) is 6.54 Å². The quantitative estimate of drug-likeness (QED) is 0.882. The third kappa shape index (κ3) is 2.75. The van der Waals surface area contributed by atoms with Gasteiger partial charge >= 0.3 is 0 Å². The molecular formula is C12H14FN3O. The van der Waals surface area contributed by atoms with Gasteiger partial charge < -0.3 is 10.1 Å². The van der Waals surface area contributed by atoms with Crippen LogP contribution >= 0.6 is 0 Å². The zero-order valence-corrected chi connectivity index (χ0v) is 9.77. The second-order valence-corrected chi connectivity index (χ2v) is 3.68. The Labute approximate surface area is 99.0 Å². The predicted molar refractivity (Wildman–Crippen MR) is 63.5 cm³/mol. The maximum Gasteiger partial charge on any atom is 0.165 e. The number of halogens is 1. The molecule has 0 amide bonds. The monoisotopic (exact) mass is 235 g/mol. The van der Waals surface area contributed by atoms with Gasteiger partial charge in [0.1, 0.15) is 0 Å². The highest BCUT2D eigenvalue weighted by atomic mass is 19.1. The van der Waals surface area contributed by atoms with E-state index in [2.05, 4.69) is 10.4 Å². The van der Waals surface area contributed by atoms with E-state index in [0.717, 1.165) is 11.4 Å². The third-order valence-corrected chi connectivity index (χ3v) is 2.39. The highest BCUT2D eigenvalue weighted by Gasteiger charge is 2.03. The second kappa shape index (κ2) is 4.86. The minimum atomic E-state index is -0.365. The van der Waals surface area contributed by atoms with Gasteiger partial charge in [-0.25, -0.2) is 4.39 Å². The summed E-state index contributed by atoms with van der Waals surface area (Å²) in [6, 6.07) is 6.59. The van der Waals surface area contributed by atoms with Crippen molar-refractivity contribution in [3.05, 3.63) is 42.0 Å². The third-order valence-electron chi connectivity index (χ3n) is 2.39. The molecule has 0 fully saturated rings. The number of anilines is 1. The van der Waals surface area contributed by atoms with Gasteiger partial charge in [-0.1, -0.05) is 0 Å². The van der Waals surface area contributed by atoms with Crippen LogP contribution in [0.3, 0.4) is 0 Å². The Morgan fingerprint density at radius 2 is 2.24 bits per heavy atom. The van der Waals surface area contributed by atoms with Crippen LogP contribution in [0.25, 0.3) is 0 Å². The van der Waals surface area contributed by atoms with E-state index in [9.17, 15) is 4.39 Å². The van der Waals surface area contributed by atoms with Crippen LogP contribution in [0.15, 0.2) is 30.5 Å². The number of aromatic nitrogens is 2. The van der Waals surface area contributed by atoms with Crippen molar-refractivity contribution in [1.29, 1.82) is 0 Å². The SMILES string of the molecule is COc1cc(NCc2ccn(C)n2)ccc1F. The topological polar surface area (TPSA) is 39.1 Å². The van der Waals surface area contributed by atoms with Crippen molar-refractivity contribution in [3.8, 4) is 5.75 Å². The van der Waals surface area contributed by atoms with E-state index in [1.807, 2.05) is 19.3 Å². The molecule has 2 rings (SSSR count). The lowest BCUT2D eigenvalue weighted by Gasteiger charge is -2.07. The Morgan fingerprint density at radius 3 is 2.88 bits per heavy atom. The molecule has 0 unspecified atom stereocenters. The van der Waals surface area contributed by atoms with Crippen molar-refractivity contribution in [1.82, 2.24) is 9.78 Å². The van der Waals surface area contributed by atoms with Gasteiger partial charge in [0.25, 0.3) is 0 Å². The Bertz CT molecular complexity index is 510. The molecule has 0 aliphatic rings. The first-order chi connectivity index (χ1) is 8.19. The van der Waals surface area contributed by atoms with Gasteiger partial charge in [-0.05, 0) is 18.2 Å². The van der Waals surface area contributed by atoms with Gasteiger partial charge in [0, 0.05) is 25.0 Å². The number of hydrogen-bond donors (Lipinski definition) is 1. The molecule has 1 aromatic carbocycles. The van der Waals surface area contributed by atoms with Gasteiger partial charge in [0.2, 0.25) is 0 Å². The molecule has 0 atom stereocenters. The lowest BCUT2D eigenvalue weighted by atomic mass is 10.3. The van der Waals surface area contributed by atoms with Crippen LogP contribution < -0.4 is 10.1 Å². The number of benzene rings is 1. The highest BCUT2D eigenvalue weighted by molar-refractivity contribution is 5.48. The molecule has 90 valence electrons. The average molecular weight is 235 g/mol. The van der Waals surface area contributed by atoms with E-state index in [0.29, 0.717) is 6.54 Å². The van der Waals surface area contributed by atoms with E-state index in [1.54, 1.807) is 16.8 Å². The summed E-state index contributed by atoms with van der Waals surface area (Å²) in [6.45, 7) is 0.593. The Hall–Kier alpha value is -2.04. The molecule has 0 saturated carbocycles. The number of rotatable bonds is 4. The summed E-state index contributed by atoms with van der Waals surface area (Å²) in [5.74, 6) is -0.132. The molecule has 5 heteroatoms. The zero-order valence-electron chi connectivity index (χ0n) is 9.77. The van der Waals surface area contributed by atoms with Gasteiger partial charge in [0.15, 0.2) is 11.6 Å². The van der Waals surface area contributed by atoms with Crippen LogP contribution in [0.4, 0.5) is 10.1 Å².